The fourth-order valence-corrected chi connectivity index (χ4v) is 1.61. The van der Waals surface area contributed by atoms with Gasteiger partial charge < -0.3 is 9.84 Å². The number of hydrogen-bond acceptors (Lipinski definition) is 2. The summed E-state index contributed by atoms with van der Waals surface area (Å²) in [5, 5.41) is 8.70. The fraction of sp³-hybridized carbons (Fsp3) is 0.727. The Bertz CT molecular complexity index is 211. The number of carboxylic acids is 1. The highest BCUT2D eigenvalue weighted by atomic mass is 16.5. The van der Waals surface area contributed by atoms with Gasteiger partial charge in [-0.3, -0.25) is 0 Å². The minimum absolute atomic E-state index is 0.117. The molecule has 2 unspecified atom stereocenters. The average molecular weight is 198 g/mol. The van der Waals surface area contributed by atoms with Crippen molar-refractivity contribution in [3.63, 3.8) is 0 Å². The molecule has 3 nitrogen and oxygen atoms in total. The van der Waals surface area contributed by atoms with E-state index in [4.69, 9.17) is 9.84 Å². The number of allylic oxidation sites excluding steroid dienone is 2. The molecular weight excluding hydrogens is 180 g/mol. The van der Waals surface area contributed by atoms with Crippen LogP contribution in [-0.4, -0.2) is 23.3 Å². The van der Waals surface area contributed by atoms with Gasteiger partial charge in [0.1, 0.15) is 0 Å². The normalized spacial score (nSPS) is 27.4. The summed E-state index contributed by atoms with van der Waals surface area (Å²) in [5.41, 5.74) is 0. The second-order valence-corrected chi connectivity index (χ2v) is 3.72. The number of hydrogen-bond donors (Lipinski definition) is 1. The van der Waals surface area contributed by atoms with Crippen LogP contribution >= 0.6 is 0 Å². The van der Waals surface area contributed by atoms with Gasteiger partial charge in [0.25, 0.3) is 0 Å². The van der Waals surface area contributed by atoms with E-state index in [0.29, 0.717) is 0 Å². The molecule has 0 aromatic heterocycles. The van der Waals surface area contributed by atoms with Gasteiger partial charge in [-0.25, -0.2) is 4.79 Å². The van der Waals surface area contributed by atoms with Crippen molar-refractivity contribution in [2.24, 2.45) is 0 Å². The smallest absolute Gasteiger partial charge is 0.332 e. The zero-order chi connectivity index (χ0) is 10.4. The maximum absolute atomic E-state index is 10.6. The van der Waals surface area contributed by atoms with Crippen molar-refractivity contribution in [1.82, 2.24) is 0 Å². The Morgan fingerprint density at radius 1 is 1.43 bits per heavy atom. The molecule has 0 bridgehead atoms. The Morgan fingerprint density at radius 3 is 2.86 bits per heavy atom. The van der Waals surface area contributed by atoms with E-state index in [-0.39, 0.29) is 6.10 Å². The van der Waals surface area contributed by atoms with Crippen LogP contribution in [0.2, 0.25) is 0 Å². The van der Waals surface area contributed by atoms with Crippen molar-refractivity contribution in [3.05, 3.63) is 12.2 Å². The first-order valence-electron chi connectivity index (χ1n) is 5.23. The largest absolute Gasteiger partial charge is 0.479 e. The van der Waals surface area contributed by atoms with Gasteiger partial charge in [0.05, 0.1) is 6.10 Å². The summed E-state index contributed by atoms with van der Waals surface area (Å²) in [5.74, 6) is -0.873. The molecule has 0 heterocycles. The van der Waals surface area contributed by atoms with E-state index < -0.39 is 12.1 Å². The SMILES string of the molecule is CC(OC1CC/C=C/CCC1)C(=O)O. The highest BCUT2D eigenvalue weighted by Crippen LogP contribution is 2.16. The van der Waals surface area contributed by atoms with E-state index in [0.717, 1.165) is 32.1 Å². The number of carbonyl (C=O) groups is 1. The lowest BCUT2D eigenvalue weighted by atomic mass is 10.0. The summed E-state index contributed by atoms with van der Waals surface area (Å²) in [6.45, 7) is 1.59. The summed E-state index contributed by atoms with van der Waals surface area (Å²) < 4.78 is 5.45. The van der Waals surface area contributed by atoms with E-state index in [1.165, 1.54) is 0 Å². The van der Waals surface area contributed by atoms with Crippen LogP contribution in [0.15, 0.2) is 12.2 Å². The lowest BCUT2D eigenvalue weighted by Gasteiger charge is -2.20. The first kappa shape index (κ1) is 11.2. The molecule has 1 aliphatic carbocycles. The van der Waals surface area contributed by atoms with Crippen LogP contribution in [0, 0.1) is 0 Å². The monoisotopic (exact) mass is 198 g/mol. The molecule has 1 rings (SSSR count). The molecule has 0 saturated carbocycles. The van der Waals surface area contributed by atoms with E-state index in [1.54, 1.807) is 6.92 Å². The average Bonchev–Trinajstić information content (AvgIpc) is 2.08. The van der Waals surface area contributed by atoms with E-state index in [9.17, 15) is 4.79 Å². The van der Waals surface area contributed by atoms with Crippen LogP contribution in [0.25, 0.3) is 0 Å². The minimum atomic E-state index is -0.873. The van der Waals surface area contributed by atoms with Crippen LogP contribution < -0.4 is 0 Å². The van der Waals surface area contributed by atoms with Crippen molar-refractivity contribution in [2.75, 3.05) is 0 Å². The molecule has 0 radical (unpaired) electrons. The topological polar surface area (TPSA) is 46.5 Å². The molecule has 80 valence electrons. The molecule has 0 fully saturated rings. The van der Waals surface area contributed by atoms with Gasteiger partial charge in [-0.2, -0.15) is 0 Å². The van der Waals surface area contributed by atoms with Gasteiger partial charge in [0, 0.05) is 0 Å². The summed E-state index contributed by atoms with van der Waals surface area (Å²) in [6.07, 6.45) is 8.87. The molecule has 3 heteroatoms. The van der Waals surface area contributed by atoms with Gasteiger partial charge in [-0.15, -0.1) is 0 Å². The highest BCUT2D eigenvalue weighted by Gasteiger charge is 2.18. The predicted molar refractivity (Wildman–Crippen MR) is 54.2 cm³/mol. The first-order chi connectivity index (χ1) is 6.70. The molecule has 0 spiro atoms. The van der Waals surface area contributed by atoms with Crippen molar-refractivity contribution in [2.45, 2.75) is 51.2 Å². The third-order valence-corrected chi connectivity index (χ3v) is 2.46. The molecule has 1 N–H and O–H groups in total. The van der Waals surface area contributed by atoms with Crippen molar-refractivity contribution in [3.8, 4) is 0 Å². The molecule has 0 amide bonds. The Labute approximate surface area is 84.8 Å². The van der Waals surface area contributed by atoms with Gasteiger partial charge in [0.15, 0.2) is 6.10 Å². The van der Waals surface area contributed by atoms with Crippen LogP contribution in [0.3, 0.4) is 0 Å². The fourth-order valence-electron chi connectivity index (χ4n) is 1.61. The Kier molecular flexibility index (Phi) is 4.66. The molecule has 0 saturated heterocycles. The molecule has 14 heavy (non-hydrogen) atoms. The maximum Gasteiger partial charge on any atom is 0.332 e. The van der Waals surface area contributed by atoms with Gasteiger partial charge in [-0.05, 0) is 39.0 Å². The quantitative estimate of drug-likeness (QED) is 0.708. The predicted octanol–water partition coefficient (Wildman–Crippen LogP) is 2.37. The molecule has 0 aromatic rings. The Balaban J connectivity index is 2.35. The number of aliphatic carboxylic acids is 1. The standard InChI is InChI=1S/C11H18O3/c1-9(11(12)13)14-10-7-5-3-2-4-6-8-10/h2-3,9-10H,4-8H2,1H3,(H,12,13)/b3-2+. The van der Waals surface area contributed by atoms with Gasteiger partial charge in [0.2, 0.25) is 0 Å². The van der Waals surface area contributed by atoms with Crippen LogP contribution in [-0.2, 0) is 9.53 Å². The first-order valence-corrected chi connectivity index (χ1v) is 5.23. The van der Waals surface area contributed by atoms with Gasteiger partial charge >= 0.3 is 5.97 Å². The van der Waals surface area contributed by atoms with Crippen molar-refractivity contribution in [1.29, 1.82) is 0 Å². The Hall–Kier alpha value is -0.830. The molecule has 1 aliphatic rings. The second-order valence-electron chi connectivity index (χ2n) is 3.72. The van der Waals surface area contributed by atoms with Crippen LogP contribution in [0.4, 0.5) is 0 Å². The van der Waals surface area contributed by atoms with E-state index in [2.05, 4.69) is 12.2 Å². The summed E-state index contributed by atoms with van der Waals surface area (Å²) in [4.78, 5) is 10.6. The third-order valence-electron chi connectivity index (χ3n) is 2.46. The van der Waals surface area contributed by atoms with Crippen molar-refractivity contribution < 1.29 is 14.6 Å². The number of ether oxygens (including phenoxy) is 1. The zero-order valence-electron chi connectivity index (χ0n) is 8.61. The van der Waals surface area contributed by atoms with Crippen molar-refractivity contribution >= 4 is 5.97 Å². The number of carboxylic acid groups (broad SMARTS) is 1. The summed E-state index contributed by atoms with van der Waals surface area (Å²) >= 11 is 0. The molecule has 0 aliphatic heterocycles. The third kappa shape index (κ3) is 3.92. The lowest BCUT2D eigenvalue weighted by molar-refractivity contribution is -0.153. The zero-order valence-corrected chi connectivity index (χ0v) is 8.61. The maximum atomic E-state index is 10.6. The highest BCUT2D eigenvalue weighted by molar-refractivity contribution is 5.71. The Morgan fingerprint density at radius 2 is 2.14 bits per heavy atom. The summed E-state index contributed by atoms with van der Waals surface area (Å²) in [6, 6.07) is 0. The summed E-state index contributed by atoms with van der Waals surface area (Å²) in [7, 11) is 0. The molecule has 0 aromatic carbocycles. The molecule has 2 atom stereocenters. The van der Waals surface area contributed by atoms with Gasteiger partial charge in [-0.1, -0.05) is 12.2 Å². The second kappa shape index (κ2) is 5.81. The lowest BCUT2D eigenvalue weighted by Crippen LogP contribution is -2.26. The van der Waals surface area contributed by atoms with Crippen LogP contribution in [0.1, 0.15) is 39.0 Å². The molecular formula is C11H18O3. The van der Waals surface area contributed by atoms with Crippen LogP contribution in [0.5, 0.6) is 0 Å². The van der Waals surface area contributed by atoms with E-state index >= 15 is 0 Å². The van der Waals surface area contributed by atoms with E-state index in [1.807, 2.05) is 0 Å². The minimum Gasteiger partial charge on any atom is -0.479 e. The number of rotatable bonds is 3.